The molecule has 1 aliphatic heterocycles. The first-order valence-electron chi connectivity index (χ1n) is 8.88. The largest absolute Gasteiger partial charge is 0.380 e. The van der Waals surface area contributed by atoms with Gasteiger partial charge in [-0.1, -0.05) is 4.49 Å². The molecule has 4 rings (SSSR count). The summed E-state index contributed by atoms with van der Waals surface area (Å²) < 4.78 is 11.9. The highest BCUT2D eigenvalue weighted by Crippen LogP contribution is 2.32. The van der Waals surface area contributed by atoms with Crippen molar-refractivity contribution in [2.75, 3.05) is 19.8 Å². The van der Waals surface area contributed by atoms with Gasteiger partial charge in [0.05, 0.1) is 23.4 Å². The molecule has 1 aliphatic carbocycles. The van der Waals surface area contributed by atoms with Crippen molar-refractivity contribution >= 4 is 17.4 Å². The van der Waals surface area contributed by atoms with Crippen molar-refractivity contribution in [3.63, 3.8) is 0 Å². The van der Waals surface area contributed by atoms with Gasteiger partial charge < -0.3 is 9.64 Å². The standard InChI is InChI=1S/C17H23N5O2S/c1-3-22-16-13(6-18-22)7-21(17(23)15-11(2)25-20-19-15)8-14(16)10-24-9-12-4-5-12/h6,12,14H,3-5,7-10H2,1-2H3/t14-/m1/s1. The summed E-state index contributed by atoms with van der Waals surface area (Å²) in [6.45, 7) is 7.49. The van der Waals surface area contributed by atoms with Gasteiger partial charge in [-0.05, 0) is 44.1 Å². The molecule has 0 spiro atoms. The van der Waals surface area contributed by atoms with Crippen LogP contribution in [-0.4, -0.2) is 49.9 Å². The maximum atomic E-state index is 12.9. The lowest BCUT2D eigenvalue weighted by atomic mass is 9.96. The number of carbonyl (C=O) groups excluding carboxylic acids is 1. The number of carbonyl (C=O) groups is 1. The van der Waals surface area contributed by atoms with Crippen LogP contribution < -0.4 is 0 Å². The summed E-state index contributed by atoms with van der Waals surface area (Å²) in [5, 5.41) is 8.51. The molecule has 1 amide bonds. The number of fused-ring (bicyclic) bond motifs is 1. The van der Waals surface area contributed by atoms with E-state index in [0.29, 0.717) is 25.4 Å². The van der Waals surface area contributed by atoms with Gasteiger partial charge in [0, 0.05) is 37.7 Å². The van der Waals surface area contributed by atoms with Gasteiger partial charge in [-0.2, -0.15) is 5.10 Å². The molecule has 0 radical (unpaired) electrons. The van der Waals surface area contributed by atoms with Crippen molar-refractivity contribution in [1.29, 1.82) is 0 Å². The Kier molecular flexibility index (Phi) is 4.56. The Hall–Kier alpha value is -1.80. The van der Waals surface area contributed by atoms with E-state index in [4.69, 9.17) is 4.74 Å². The van der Waals surface area contributed by atoms with E-state index in [1.165, 1.54) is 30.1 Å². The van der Waals surface area contributed by atoms with Gasteiger partial charge in [0.15, 0.2) is 5.69 Å². The first-order chi connectivity index (χ1) is 12.2. The SMILES string of the molecule is CCn1ncc2c1[C@@H](COCC1CC1)CN(C(=O)c1nnsc1C)C2. The van der Waals surface area contributed by atoms with Crippen molar-refractivity contribution < 1.29 is 9.53 Å². The highest BCUT2D eigenvalue weighted by Gasteiger charge is 2.33. The minimum absolute atomic E-state index is 0.0478. The second-order valence-corrected chi connectivity index (χ2v) is 7.87. The first-order valence-corrected chi connectivity index (χ1v) is 9.65. The van der Waals surface area contributed by atoms with Crippen molar-refractivity contribution in [3.05, 3.63) is 28.0 Å². The van der Waals surface area contributed by atoms with Gasteiger partial charge in [0.25, 0.3) is 5.91 Å². The van der Waals surface area contributed by atoms with E-state index in [0.717, 1.165) is 29.5 Å². The number of hydrogen-bond donors (Lipinski definition) is 0. The lowest BCUT2D eigenvalue weighted by Crippen LogP contribution is -2.40. The predicted octanol–water partition coefficient (Wildman–Crippen LogP) is 2.23. The van der Waals surface area contributed by atoms with Crippen LogP contribution in [0.4, 0.5) is 0 Å². The van der Waals surface area contributed by atoms with Crippen LogP contribution in [0.1, 0.15) is 52.3 Å². The monoisotopic (exact) mass is 361 g/mol. The molecule has 7 nitrogen and oxygen atoms in total. The second kappa shape index (κ2) is 6.84. The Labute approximate surface area is 151 Å². The Morgan fingerprint density at radius 1 is 1.40 bits per heavy atom. The Bertz CT molecular complexity index is 767. The molecule has 1 fully saturated rings. The van der Waals surface area contributed by atoms with Gasteiger partial charge in [-0.15, -0.1) is 5.10 Å². The van der Waals surface area contributed by atoms with Gasteiger partial charge in [-0.3, -0.25) is 9.48 Å². The van der Waals surface area contributed by atoms with Crippen molar-refractivity contribution in [2.24, 2.45) is 5.92 Å². The maximum Gasteiger partial charge on any atom is 0.275 e. The van der Waals surface area contributed by atoms with Crippen molar-refractivity contribution in [2.45, 2.75) is 45.7 Å². The van der Waals surface area contributed by atoms with E-state index in [2.05, 4.69) is 21.6 Å². The molecule has 0 aromatic carbocycles. The number of aromatic nitrogens is 4. The third kappa shape index (κ3) is 3.32. The summed E-state index contributed by atoms with van der Waals surface area (Å²) in [5.41, 5.74) is 2.80. The number of rotatable bonds is 6. The average molecular weight is 361 g/mol. The first kappa shape index (κ1) is 16.7. The minimum atomic E-state index is -0.0478. The molecule has 8 heteroatoms. The summed E-state index contributed by atoms with van der Waals surface area (Å²) in [6.07, 6.45) is 4.45. The molecule has 2 aliphatic rings. The molecule has 0 unspecified atom stereocenters. The van der Waals surface area contributed by atoms with Crippen LogP contribution in [0.15, 0.2) is 6.20 Å². The summed E-state index contributed by atoms with van der Waals surface area (Å²) >= 11 is 1.27. The fourth-order valence-corrected chi connectivity index (χ4v) is 3.89. The van der Waals surface area contributed by atoms with Gasteiger partial charge >= 0.3 is 0 Å². The topological polar surface area (TPSA) is 73.1 Å². The molecule has 0 bridgehead atoms. The third-order valence-corrected chi connectivity index (χ3v) is 5.59. The highest BCUT2D eigenvalue weighted by atomic mass is 32.1. The highest BCUT2D eigenvalue weighted by molar-refractivity contribution is 7.05. The average Bonchev–Trinajstić information content (AvgIpc) is 3.18. The summed E-state index contributed by atoms with van der Waals surface area (Å²) in [7, 11) is 0. The summed E-state index contributed by atoms with van der Waals surface area (Å²) in [4.78, 5) is 15.6. The van der Waals surface area contributed by atoms with E-state index in [1.54, 1.807) is 0 Å². The summed E-state index contributed by atoms with van der Waals surface area (Å²) in [6, 6.07) is 0. The third-order valence-electron chi connectivity index (χ3n) is 4.96. The van der Waals surface area contributed by atoms with Gasteiger partial charge in [-0.25, -0.2) is 0 Å². The van der Waals surface area contributed by atoms with Gasteiger partial charge in [0.1, 0.15) is 0 Å². The number of aryl methyl sites for hydroxylation is 2. The van der Waals surface area contributed by atoms with Crippen LogP contribution in [-0.2, 0) is 17.8 Å². The quantitative estimate of drug-likeness (QED) is 0.789. The van der Waals surface area contributed by atoms with Crippen LogP contribution >= 0.6 is 11.5 Å². The zero-order valence-corrected chi connectivity index (χ0v) is 15.5. The molecule has 2 aromatic heterocycles. The van der Waals surface area contributed by atoms with Crippen LogP contribution in [0, 0.1) is 12.8 Å². The molecule has 134 valence electrons. The fourth-order valence-electron chi connectivity index (χ4n) is 3.43. The number of ether oxygens (including phenoxy) is 1. The Morgan fingerprint density at radius 3 is 2.92 bits per heavy atom. The fraction of sp³-hybridized carbons (Fsp3) is 0.647. The molecule has 1 atom stereocenters. The lowest BCUT2D eigenvalue weighted by Gasteiger charge is -2.33. The smallest absolute Gasteiger partial charge is 0.275 e. The van der Waals surface area contributed by atoms with E-state index < -0.39 is 0 Å². The molecule has 2 aromatic rings. The number of nitrogens with zero attached hydrogens (tertiary/aromatic N) is 5. The molecular formula is C17H23N5O2S. The Balaban J connectivity index is 1.55. The van der Waals surface area contributed by atoms with E-state index in [-0.39, 0.29) is 11.8 Å². The predicted molar refractivity (Wildman–Crippen MR) is 93.6 cm³/mol. The molecule has 0 N–H and O–H groups in total. The zero-order chi connectivity index (χ0) is 17.4. The van der Waals surface area contributed by atoms with E-state index in [9.17, 15) is 4.79 Å². The molecule has 0 saturated heterocycles. The van der Waals surface area contributed by atoms with E-state index in [1.807, 2.05) is 22.7 Å². The molecule has 1 saturated carbocycles. The van der Waals surface area contributed by atoms with Crippen molar-refractivity contribution in [1.82, 2.24) is 24.3 Å². The number of amides is 1. The van der Waals surface area contributed by atoms with Crippen LogP contribution in [0.2, 0.25) is 0 Å². The van der Waals surface area contributed by atoms with E-state index >= 15 is 0 Å². The minimum Gasteiger partial charge on any atom is -0.380 e. The second-order valence-electron chi connectivity index (χ2n) is 6.91. The Morgan fingerprint density at radius 2 is 2.24 bits per heavy atom. The normalized spacial score (nSPS) is 19.9. The molecular weight excluding hydrogens is 338 g/mol. The summed E-state index contributed by atoms with van der Waals surface area (Å²) in [5.74, 6) is 0.842. The van der Waals surface area contributed by atoms with Gasteiger partial charge in [0.2, 0.25) is 0 Å². The zero-order valence-electron chi connectivity index (χ0n) is 14.6. The van der Waals surface area contributed by atoms with Crippen LogP contribution in [0.25, 0.3) is 0 Å². The van der Waals surface area contributed by atoms with Crippen molar-refractivity contribution in [3.8, 4) is 0 Å². The van der Waals surface area contributed by atoms with Crippen LogP contribution in [0.5, 0.6) is 0 Å². The number of hydrogen-bond acceptors (Lipinski definition) is 6. The molecule has 3 heterocycles. The van der Waals surface area contributed by atoms with Crippen LogP contribution in [0.3, 0.4) is 0 Å². The maximum absolute atomic E-state index is 12.9. The molecule has 25 heavy (non-hydrogen) atoms. The lowest BCUT2D eigenvalue weighted by molar-refractivity contribution is 0.0614.